The first kappa shape index (κ1) is 17.4. The molecule has 1 aromatic heterocycles. The van der Waals surface area contributed by atoms with Crippen LogP contribution >= 0.6 is 15.9 Å². The van der Waals surface area contributed by atoms with Gasteiger partial charge in [0.2, 0.25) is 0 Å². The van der Waals surface area contributed by atoms with Gasteiger partial charge < -0.3 is 10.6 Å². The molecule has 0 bridgehead atoms. The molecule has 1 amide bonds. The van der Waals surface area contributed by atoms with E-state index in [1.54, 1.807) is 13.0 Å². The minimum atomic E-state index is -0.267. The molecule has 0 aliphatic carbocycles. The highest BCUT2D eigenvalue weighted by Crippen LogP contribution is 2.24. The fraction of sp³-hybridized carbons (Fsp3) is 0.353. The monoisotopic (exact) mass is 376 g/mol. The lowest BCUT2D eigenvalue weighted by molar-refractivity contribution is 0.102. The molecule has 0 fully saturated rings. The molecule has 2 N–H and O–H groups in total. The lowest BCUT2D eigenvalue weighted by atomic mass is 10.1. The number of carbonyl (C=O) groups is 1. The highest BCUT2D eigenvalue weighted by molar-refractivity contribution is 9.10. The first-order valence-corrected chi connectivity index (χ1v) is 8.15. The van der Waals surface area contributed by atoms with Crippen molar-refractivity contribution in [3.05, 3.63) is 45.8 Å². The van der Waals surface area contributed by atoms with E-state index in [4.69, 9.17) is 0 Å². The van der Waals surface area contributed by atoms with Crippen molar-refractivity contribution in [3.63, 3.8) is 0 Å². The van der Waals surface area contributed by atoms with E-state index in [1.165, 1.54) is 0 Å². The number of aromatic nitrogens is 2. The van der Waals surface area contributed by atoms with Crippen LogP contribution in [-0.4, -0.2) is 21.4 Å². The normalized spacial score (nSPS) is 11.2. The Labute approximate surface area is 145 Å². The van der Waals surface area contributed by atoms with Gasteiger partial charge in [0.15, 0.2) is 0 Å². The van der Waals surface area contributed by atoms with Gasteiger partial charge in [0.1, 0.15) is 17.3 Å². The maximum Gasteiger partial charge on any atom is 0.274 e. The second-order valence-electron chi connectivity index (χ2n) is 6.50. The number of anilines is 2. The van der Waals surface area contributed by atoms with E-state index < -0.39 is 0 Å². The largest absolute Gasteiger partial charge is 0.365 e. The second kappa shape index (κ2) is 6.66. The Hall–Kier alpha value is -1.95. The van der Waals surface area contributed by atoms with E-state index in [1.807, 2.05) is 45.9 Å². The molecule has 0 atom stereocenters. The van der Waals surface area contributed by atoms with E-state index >= 15 is 0 Å². The molecule has 1 heterocycles. The molecule has 0 radical (unpaired) electrons. The Bertz CT molecular complexity index is 738. The summed E-state index contributed by atoms with van der Waals surface area (Å²) in [6, 6.07) is 7.42. The Balaban J connectivity index is 2.25. The molecule has 0 saturated carbocycles. The second-order valence-corrected chi connectivity index (χ2v) is 7.35. The van der Waals surface area contributed by atoms with Crippen LogP contribution in [0.3, 0.4) is 0 Å². The van der Waals surface area contributed by atoms with Gasteiger partial charge in [-0.3, -0.25) is 4.79 Å². The number of rotatable bonds is 3. The van der Waals surface area contributed by atoms with Gasteiger partial charge in [-0.15, -0.1) is 0 Å². The first-order chi connectivity index (χ1) is 10.6. The van der Waals surface area contributed by atoms with Gasteiger partial charge in [-0.1, -0.05) is 6.07 Å². The quantitative estimate of drug-likeness (QED) is 0.836. The SMILES string of the molecule is Cc1ccc(NC(=O)c2cc(NC(C)(C)C)nc(C)n2)c(Br)c1. The number of amides is 1. The third kappa shape index (κ3) is 5.03. The fourth-order valence-corrected chi connectivity index (χ4v) is 2.63. The van der Waals surface area contributed by atoms with Crippen molar-refractivity contribution < 1.29 is 4.79 Å². The van der Waals surface area contributed by atoms with Crippen LogP contribution in [0.2, 0.25) is 0 Å². The van der Waals surface area contributed by atoms with Gasteiger partial charge in [-0.2, -0.15) is 0 Å². The number of hydrogen-bond donors (Lipinski definition) is 2. The van der Waals surface area contributed by atoms with Crippen molar-refractivity contribution in [1.82, 2.24) is 9.97 Å². The topological polar surface area (TPSA) is 66.9 Å². The highest BCUT2D eigenvalue weighted by atomic mass is 79.9. The minimum absolute atomic E-state index is 0.144. The van der Waals surface area contributed by atoms with Crippen molar-refractivity contribution >= 4 is 33.3 Å². The van der Waals surface area contributed by atoms with E-state index in [2.05, 4.69) is 36.5 Å². The predicted molar refractivity (Wildman–Crippen MR) is 97.0 cm³/mol. The fourth-order valence-electron chi connectivity index (χ4n) is 2.04. The lowest BCUT2D eigenvalue weighted by Crippen LogP contribution is -2.27. The molecule has 0 aliphatic heterocycles. The van der Waals surface area contributed by atoms with Gasteiger partial charge in [0.25, 0.3) is 5.91 Å². The maximum atomic E-state index is 12.5. The summed E-state index contributed by atoms with van der Waals surface area (Å²) in [6.07, 6.45) is 0. The number of aryl methyl sites for hydroxylation is 2. The zero-order valence-corrected chi connectivity index (χ0v) is 15.6. The van der Waals surface area contributed by atoms with E-state index in [-0.39, 0.29) is 11.4 Å². The van der Waals surface area contributed by atoms with Crippen LogP contribution in [0.15, 0.2) is 28.7 Å². The average molecular weight is 377 g/mol. The smallest absolute Gasteiger partial charge is 0.274 e. The summed E-state index contributed by atoms with van der Waals surface area (Å²) in [6.45, 7) is 9.87. The zero-order chi connectivity index (χ0) is 17.2. The molecule has 23 heavy (non-hydrogen) atoms. The summed E-state index contributed by atoms with van der Waals surface area (Å²) in [5, 5.41) is 6.13. The molecule has 0 spiro atoms. The van der Waals surface area contributed by atoms with Gasteiger partial charge in [-0.25, -0.2) is 9.97 Å². The summed E-state index contributed by atoms with van der Waals surface area (Å²) < 4.78 is 0.838. The molecule has 2 aromatic rings. The minimum Gasteiger partial charge on any atom is -0.365 e. The summed E-state index contributed by atoms with van der Waals surface area (Å²) >= 11 is 3.46. The molecule has 6 heteroatoms. The number of benzene rings is 1. The average Bonchev–Trinajstić information content (AvgIpc) is 2.39. The van der Waals surface area contributed by atoms with Crippen molar-refractivity contribution in [2.24, 2.45) is 0 Å². The maximum absolute atomic E-state index is 12.5. The van der Waals surface area contributed by atoms with Crippen molar-refractivity contribution in [2.75, 3.05) is 10.6 Å². The first-order valence-electron chi connectivity index (χ1n) is 7.35. The van der Waals surface area contributed by atoms with Crippen molar-refractivity contribution in [1.29, 1.82) is 0 Å². The van der Waals surface area contributed by atoms with Crippen LogP contribution in [0.25, 0.3) is 0 Å². The Morgan fingerprint density at radius 1 is 1.13 bits per heavy atom. The van der Waals surface area contributed by atoms with Crippen LogP contribution in [-0.2, 0) is 0 Å². The number of nitrogens with one attached hydrogen (secondary N) is 2. The van der Waals surface area contributed by atoms with Gasteiger partial charge in [0, 0.05) is 16.1 Å². The third-order valence-corrected chi connectivity index (χ3v) is 3.60. The molecule has 5 nitrogen and oxygen atoms in total. The van der Waals surface area contributed by atoms with Crippen LogP contribution in [0.4, 0.5) is 11.5 Å². The Morgan fingerprint density at radius 3 is 2.43 bits per heavy atom. The van der Waals surface area contributed by atoms with Crippen molar-refractivity contribution in [3.8, 4) is 0 Å². The highest BCUT2D eigenvalue weighted by Gasteiger charge is 2.15. The Kier molecular flexibility index (Phi) is 5.04. The molecular formula is C17H21BrN4O. The molecule has 1 aromatic carbocycles. The number of hydrogen-bond acceptors (Lipinski definition) is 4. The molecule has 0 unspecified atom stereocenters. The van der Waals surface area contributed by atoms with E-state index in [0.717, 1.165) is 10.0 Å². The van der Waals surface area contributed by atoms with Gasteiger partial charge in [-0.05, 0) is 68.2 Å². The zero-order valence-electron chi connectivity index (χ0n) is 14.0. The van der Waals surface area contributed by atoms with Crippen LogP contribution in [0.5, 0.6) is 0 Å². The molecule has 2 rings (SSSR count). The molecule has 0 saturated heterocycles. The number of halogens is 1. The predicted octanol–water partition coefficient (Wildman–Crippen LogP) is 4.32. The van der Waals surface area contributed by atoms with Crippen LogP contribution in [0, 0.1) is 13.8 Å². The van der Waals surface area contributed by atoms with Crippen LogP contribution < -0.4 is 10.6 Å². The summed E-state index contributed by atoms with van der Waals surface area (Å²) in [5.74, 6) is 0.919. The van der Waals surface area contributed by atoms with Crippen molar-refractivity contribution in [2.45, 2.75) is 40.2 Å². The summed E-state index contributed by atoms with van der Waals surface area (Å²) in [7, 11) is 0. The summed E-state index contributed by atoms with van der Waals surface area (Å²) in [5.41, 5.74) is 2.01. The van der Waals surface area contributed by atoms with E-state index in [9.17, 15) is 4.79 Å². The lowest BCUT2D eigenvalue weighted by Gasteiger charge is -2.21. The third-order valence-electron chi connectivity index (χ3n) is 2.95. The van der Waals surface area contributed by atoms with Crippen LogP contribution in [0.1, 0.15) is 42.6 Å². The number of carbonyl (C=O) groups excluding carboxylic acids is 1. The van der Waals surface area contributed by atoms with Gasteiger partial charge >= 0.3 is 0 Å². The van der Waals surface area contributed by atoms with Gasteiger partial charge in [0.05, 0.1) is 5.69 Å². The molecule has 122 valence electrons. The number of nitrogens with zero attached hydrogens (tertiary/aromatic N) is 2. The standard InChI is InChI=1S/C17H21BrN4O/c1-10-6-7-13(12(18)8-10)21-16(23)14-9-15(20-11(2)19-14)22-17(3,4)5/h6-9H,1-5H3,(H,21,23)(H,19,20,22). The molecular weight excluding hydrogens is 356 g/mol. The molecule has 0 aliphatic rings. The van der Waals surface area contributed by atoms with E-state index in [0.29, 0.717) is 23.0 Å². The summed E-state index contributed by atoms with van der Waals surface area (Å²) in [4.78, 5) is 21.0. The Morgan fingerprint density at radius 2 is 1.83 bits per heavy atom.